The molecular formula is C18H13BrF6N2O2. The third-order valence-electron chi connectivity index (χ3n) is 3.88. The highest BCUT2D eigenvalue weighted by Gasteiger charge is 2.37. The highest BCUT2D eigenvalue weighted by atomic mass is 79.9. The van der Waals surface area contributed by atoms with E-state index in [0.29, 0.717) is 10.0 Å². The van der Waals surface area contributed by atoms with E-state index in [9.17, 15) is 35.9 Å². The largest absolute Gasteiger partial charge is 0.416 e. The Labute approximate surface area is 169 Å². The van der Waals surface area contributed by atoms with Crippen molar-refractivity contribution in [2.45, 2.75) is 24.8 Å². The van der Waals surface area contributed by atoms with Gasteiger partial charge < -0.3 is 11.1 Å². The molecule has 0 unspecified atom stereocenters. The first kappa shape index (κ1) is 22.7. The summed E-state index contributed by atoms with van der Waals surface area (Å²) in [6.45, 7) is 0. The second-order valence-corrected chi connectivity index (χ2v) is 6.87. The number of alkyl halides is 6. The molecule has 2 aromatic rings. The molecule has 1 atom stereocenters. The number of nitrogens with one attached hydrogen (secondary N) is 1. The number of halogens is 7. The fourth-order valence-corrected chi connectivity index (χ4v) is 2.88. The molecule has 3 N–H and O–H groups in total. The lowest BCUT2D eigenvalue weighted by molar-refractivity contribution is -0.143. The van der Waals surface area contributed by atoms with Crippen molar-refractivity contribution in [3.63, 3.8) is 0 Å². The summed E-state index contributed by atoms with van der Waals surface area (Å²) < 4.78 is 78.2. The monoisotopic (exact) mass is 482 g/mol. The van der Waals surface area contributed by atoms with Crippen molar-refractivity contribution in [3.05, 3.63) is 69.2 Å². The summed E-state index contributed by atoms with van der Waals surface area (Å²) >= 11 is 3.23. The van der Waals surface area contributed by atoms with E-state index in [-0.39, 0.29) is 24.6 Å². The first-order valence-corrected chi connectivity index (χ1v) is 8.71. The Morgan fingerprint density at radius 3 is 1.93 bits per heavy atom. The summed E-state index contributed by atoms with van der Waals surface area (Å²) in [5.74, 6) is -2.30. The van der Waals surface area contributed by atoms with Crippen molar-refractivity contribution in [2.75, 3.05) is 0 Å². The lowest BCUT2D eigenvalue weighted by atomic mass is 10.0. The Kier molecular flexibility index (Phi) is 6.61. The first-order valence-electron chi connectivity index (χ1n) is 7.92. The lowest BCUT2D eigenvalue weighted by Crippen LogP contribution is -2.46. The first-order chi connectivity index (χ1) is 13.3. The van der Waals surface area contributed by atoms with Crippen molar-refractivity contribution >= 4 is 27.7 Å². The van der Waals surface area contributed by atoms with Crippen LogP contribution in [-0.2, 0) is 23.6 Å². The number of carbonyl (C=O) groups is 2. The molecule has 0 aliphatic heterocycles. The van der Waals surface area contributed by atoms with E-state index in [0.717, 1.165) is 0 Å². The van der Waals surface area contributed by atoms with Crippen LogP contribution in [-0.4, -0.2) is 17.9 Å². The molecule has 0 saturated carbocycles. The maximum absolute atomic E-state index is 12.9. The number of nitrogens with two attached hydrogens (primary N) is 1. The van der Waals surface area contributed by atoms with Gasteiger partial charge in [-0.1, -0.05) is 34.1 Å². The molecule has 0 heterocycles. The van der Waals surface area contributed by atoms with Crippen LogP contribution >= 0.6 is 15.9 Å². The molecule has 156 valence electrons. The summed E-state index contributed by atoms with van der Waals surface area (Å²) in [6.07, 6.45) is -10.3. The molecule has 2 aromatic carbocycles. The van der Waals surface area contributed by atoms with Gasteiger partial charge in [0.1, 0.15) is 6.04 Å². The summed E-state index contributed by atoms with van der Waals surface area (Å²) in [5.41, 5.74) is 1.61. The van der Waals surface area contributed by atoms with Crippen molar-refractivity contribution in [1.29, 1.82) is 0 Å². The van der Waals surface area contributed by atoms with E-state index in [1.54, 1.807) is 24.3 Å². The minimum Gasteiger partial charge on any atom is -0.368 e. The average Bonchev–Trinajstić information content (AvgIpc) is 2.60. The van der Waals surface area contributed by atoms with Gasteiger partial charge in [-0.15, -0.1) is 0 Å². The maximum Gasteiger partial charge on any atom is 0.416 e. The Hall–Kier alpha value is -2.56. The molecule has 0 bridgehead atoms. The van der Waals surface area contributed by atoms with E-state index < -0.39 is 46.9 Å². The van der Waals surface area contributed by atoms with Gasteiger partial charge >= 0.3 is 12.4 Å². The predicted octanol–water partition coefficient (Wildman–Crippen LogP) is 4.31. The van der Waals surface area contributed by atoms with Crippen LogP contribution in [0.3, 0.4) is 0 Å². The molecular weight excluding hydrogens is 470 g/mol. The average molecular weight is 483 g/mol. The van der Waals surface area contributed by atoms with Gasteiger partial charge in [0.25, 0.3) is 5.91 Å². The summed E-state index contributed by atoms with van der Waals surface area (Å²) in [4.78, 5) is 24.0. The molecule has 0 spiro atoms. The van der Waals surface area contributed by atoms with Crippen molar-refractivity contribution < 1.29 is 35.9 Å². The number of rotatable bonds is 5. The SMILES string of the molecule is NC(=O)[C@@H](Cc1ccccc1Br)NC(=O)c1cc(C(F)(F)F)cc(C(F)(F)F)c1. The molecule has 0 fully saturated rings. The van der Waals surface area contributed by atoms with Gasteiger partial charge in [0.2, 0.25) is 5.91 Å². The third kappa shape index (κ3) is 5.96. The fraction of sp³-hybridized carbons (Fsp3) is 0.222. The van der Waals surface area contributed by atoms with Gasteiger partial charge in [-0.25, -0.2) is 0 Å². The molecule has 0 aliphatic carbocycles. The number of amides is 2. The van der Waals surface area contributed by atoms with Crippen LogP contribution in [0.25, 0.3) is 0 Å². The van der Waals surface area contributed by atoms with Crippen LogP contribution in [0.2, 0.25) is 0 Å². The molecule has 29 heavy (non-hydrogen) atoms. The van der Waals surface area contributed by atoms with E-state index in [1.807, 2.05) is 0 Å². The topological polar surface area (TPSA) is 72.2 Å². The number of carbonyl (C=O) groups excluding carboxylic acids is 2. The zero-order valence-electron chi connectivity index (χ0n) is 14.4. The highest BCUT2D eigenvalue weighted by Crippen LogP contribution is 2.36. The predicted molar refractivity (Wildman–Crippen MR) is 94.7 cm³/mol. The smallest absolute Gasteiger partial charge is 0.368 e. The van der Waals surface area contributed by atoms with Gasteiger partial charge in [-0.05, 0) is 29.8 Å². The number of benzene rings is 2. The van der Waals surface area contributed by atoms with Crippen LogP contribution in [0.1, 0.15) is 27.0 Å². The summed E-state index contributed by atoms with van der Waals surface area (Å²) in [6, 6.07) is 5.70. The van der Waals surface area contributed by atoms with Crippen LogP contribution in [0.4, 0.5) is 26.3 Å². The van der Waals surface area contributed by atoms with E-state index >= 15 is 0 Å². The maximum atomic E-state index is 12.9. The summed E-state index contributed by atoms with van der Waals surface area (Å²) in [7, 11) is 0. The third-order valence-corrected chi connectivity index (χ3v) is 4.65. The van der Waals surface area contributed by atoms with Crippen molar-refractivity contribution in [3.8, 4) is 0 Å². The zero-order chi connectivity index (χ0) is 22.0. The van der Waals surface area contributed by atoms with Crippen molar-refractivity contribution in [2.24, 2.45) is 5.73 Å². The standard InChI is InChI=1S/C18H13BrF6N2O2/c19-13-4-2-1-3-9(13)7-14(15(26)28)27-16(29)10-5-11(17(20,21)22)8-12(6-10)18(23,24)25/h1-6,8,14H,7H2,(H2,26,28)(H,27,29)/t14-/m1/s1. The van der Waals surface area contributed by atoms with Crippen LogP contribution in [0.5, 0.6) is 0 Å². The van der Waals surface area contributed by atoms with Crippen LogP contribution in [0.15, 0.2) is 46.9 Å². The summed E-state index contributed by atoms with van der Waals surface area (Å²) in [5, 5.41) is 2.10. The van der Waals surface area contributed by atoms with Gasteiger partial charge in [0.15, 0.2) is 0 Å². The second kappa shape index (κ2) is 8.44. The normalized spacial score (nSPS) is 13.1. The molecule has 2 rings (SSSR count). The Bertz CT molecular complexity index is 895. The zero-order valence-corrected chi connectivity index (χ0v) is 16.0. The lowest BCUT2D eigenvalue weighted by Gasteiger charge is -2.18. The number of hydrogen-bond acceptors (Lipinski definition) is 2. The molecule has 11 heteroatoms. The van der Waals surface area contributed by atoms with Gasteiger partial charge in [-0.3, -0.25) is 9.59 Å². The van der Waals surface area contributed by atoms with Crippen molar-refractivity contribution in [1.82, 2.24) is 5.32 Å². The van der Waals surface area contributed by atoms with E-state index in [2.05, 4.69) is 21.2 Å². The Balaban J connectivity index is 2.36. The highest BCUT2D eigenvalue weighted by molar-refractivity contribution is 9.10. The minimum absolute atomic E-state index is 0.0938. The fourth-order valence-electron chi connectivity index (χ4n) is 2.43. The van der Waals surface area contributed by atoms with Gasteiger partial charge in [-0.2, -0.15) is 26.3 Å². The van der Waals surface area contributed by atoms with Gasteiger partial charge in [0.05, 0.1) is 11.1 Å². The Morgan fingerprint density at radius 2 is 1.48 bits per heavy atom. The van der Waals surface area contributed by atoms with E-state index in [4.69, 9.17) is 5.73 Å². The number of primary amides is 1. The number of hydrogen-bond donors (Lipinski definition) is 2. The molecule has 2 amide bonds. The quantitative estimate of drug-likeness (QED) is 0.623. The minimum atomic E-state index is -5.10. The molecule has 0 aromatic heterocycles. The second-order valence-electron chi connectivity index (χ2n) is 6.02. The van der Waals surface area contributed by atoms with E-state index in [1.165, 1.54) is 0 Å². The molecule has 0 radical (unpaired) electrons. The van der Waals surface area contributed by atoms with Crippen LogP contribution < -0.4 is 11.1 Å². The molecule has 0 aliphatic rings. The van der Waals surface area contributed by atoms with Gasteiger partial charge in [0, 0.05) is 16.5 Å². The van der Waals surface area contributed by atoms with Crippen LogP contribution in [0, 0.1) is 0 Å². The Morgan fingerprint density at radius 1 is 0.966 bits per heavy atom. The molecule has 0 saturated heterocycles. The molecule has 4 nitrogen and oxygen atoms in total.